The summed E-state index contributed by atoms with van der Waals surface area (Å²) >= 11 is 6.52. The van der Waals surface area contributed by atoms with Crippen LogP contribution in [0, 0.1) is 23.2 Å². The maximum Gasteiger partial charge on any atom is 0.162 e. The molecule has 32 heavy (non-hydrogen) atoms. The van der Waals surface area contributed by atoms with Crippen LogP contribution < -0.4 is 4.74 Å². The number of carbonyl (C=O) groups is 2. The zero-order chi connectivity index (χ0) is 23.4. The van der Waals surface area contributed by atoms with E-state index in [1.165, 1.54) is 0 Å². The van der Waals surface area contributed by atoms with E-state index in [0.717, 1.165) is 40.9 Å². The molecule has 1 heterocycles. The van der Waals surface area contributed by atoms with Crippen LogP contribution in [-0.2, 0) is 9.59 Å². The van der Waals surface area contributed by atoms with Crippen molar-refractivity contribution in [3.05, 3.63) is 51.3 Å². The Kier molecular flexibility index (Phi) is 5.54. The number of terminal acetylenes is 1. The first kappa shape index (κ1) is 22.7. The zero-order valence-electron chi connectivity index (χ0n) is 19.5. The first-order valence-electron chi connectivity index (χ1n) is 11.1. The van der Waals surface area contributed by atoms with Crippen molar-refractivity contribution in [2.75, 3.05) is 13.7 Å². The van der Waals surface area contributed by atoms with Gasteiger partial charge in [0.2, 0.25) is 0 Å². The van der Waals surface area contributed by atoms with Gasteiger partial charge in [0, 0.05) is 48.3 Å². The Labute approximate surface area is 195 Å². The average Bonchev–Trinajstić information content (AvgIpc) is 2.67. The van der Waals surface area contributed by atoms with Crippen LogP contribution in [-0.4, -0.2) is 30.1 Å². The van der Waals surface area contributed by atoms with Gasteiger partial charge in [0.1, 0.15) is 12.4 Å². The van der Waals surface area contributed by atoms with Gasteiger partial charge in [0.15, 0.2) is 11.6 Å². The fourth-order valence-electron chi connectivity index (χ4n) is 5.43. The highest BCUT2D eigenvalue weighted by Gasteiger charge is 2.48. The van der Waals surface area contributed by atoms with Gasteiger partial charge < -0.3 is 9.64 Å². The largest absolute Gasteiger partial charge is 0.479 e. The van der Waals surface area contributed by atoms with Gasteiger partial charge in [-0.2, -0.15) is 0 Å². The van der Waals surface area contributed by atoms with E-state index in [4.69, 9.17) is 22.8 Å². The van der Waals surface area contributed by atoms with Crippen LogP contribution in [0.25, 0.3) is 0 Å². The predicted octanol–water partition coefficient (Wildman–Crippen LogP) is 5.67. The van der Waals surface area contributed by atoms with E-state index >= 15 is 0 Å². The third-order valence-corrected chi connectivity index (χ3v) is 7.08. The van der Waals surface area contributed by atoms with Crippen molar-refractivity contribution in [3.8, 4) is 18.1 Å². The summed E-state index contributed by atoms with van der Waals surface area (Å²) in [6.45, 7) is 8.65. The summed E-state index contributed by atoms with van der Waals surface area (Å²) in [5, 5.41) is 0.424. The van der Waals surface area contributed by atoms with Crippen molar-refractivity contribution in [2.45, 2.75) is 59.3 Å². The number of rotatable bonds is 3. The molecule has 0 aromatic heterocycles. The SMILES string of the molecule is C#CCOc1ccc(C2C3=C(CC(C)(C)CC3=O)N(C)C3=C2C(=O)CC(C)(C)C3)cc1Cl. The van der Waals surface area contributed by atoms with Gasteiger partial charge in [-0.15, -0.1) is 6.42 Å². The number of Topliss-reactive ketones (excluding diaryl/α,β-unsaturated/α-hetero) is 2. The molecule has 1 aliphatic heterocycles. The molecule has 168 valence electrons. The number of ether oxygens (including phenoxy) is 1. The summed E-state index contributed by atoms with van der Waals surface area (Å²) in [4.78, 5) is 29.1. The van der Waals surface area contributed by atoms with Gasteiger partial charge in [-0.05, 0) is 41.4 Å². The Hall–Kier alpha value is -2.51. The number of carbonyl (C=O) groups excluding carboxylic acids is 2. The monoisotopic (exact) mass is 451 g/mol. The molecule has 2 aliphatic carbocycles. The number of ketones is 2. The van der Waals surface area contributed by atoms with Gasteiger partial charge in [-0.1, -0.05) is 51.3 Å². The minimum Gasteiger partial charge on any atom is -0.479 e. The molecule has 0 fully saturated rings. The number of hydrogen-bond acceptors (Lipinski definition) is 4. The van der Waals surface area contributed by atoms with Crippen molar-refractivity contribution in [3.63, 3.8) is 0 Å². The van der Waals surface area contributed by atoms with Crippen LogP contribution >= 0.6 is 11.6 Å². The molecule has 1 aromatic carbocycles. The van der Waals surface area contributed by atoms with E-state index in [2.05, 4.69) is 38.5 Å². The Balaban J connectivity index is 1.91. The number of hydrogen-bond donors (Lipinski definition) is 0. The first-order chi connectivity index (χ1) is 14.9. The Bertz CT molecular complexity index is 1060. The fourth-order valence-corrected chi connectivity index (χ4v) is 5.67. The van der Waals surface area contributed by atoms with Gasteiger partial charge in [-0.25, -0.2) is 0 Å². The second-order valence-corrected chi connectivity index (χ2v) is 11.2. The molecule has 0 saturated carbocycles. The quantitative estimate of drug-likeness (QED) is 0.555. The molecule has 0 radical (unpaired) electrons. The molecule has 0 saturated heterocycles. The minimum absolute atomic E-state index is 0.112. The Morgan fingerprint density at radius 3 is 2.03 bits per heavy atom. The molecule has 4 rings (SSSR count). The molecule has 4 nitrogen and oxygen atoms in total. The maximum absolute atomic E-state index is 13.5. The molecule has 5 heteroatoms. The summed E-state index contributed by atoms with van der Waals surface area (Å²) in [6.07, 6.45) is 7.82. The van der Waals surface area contributed by atoms with Crippen molar-refractivity contribution in [1.82, 2.24) is 4.90 Å². The minimum atomic E-state index is -0.400. The maximum atomic E-state index is 13.5. The van der Waals surface area contributed by atoms with E-state index in [9.17, 15) is 9.59 Å². The smallest absolute Gasteiger partial charge is 0.162 e. The highest BCUT2D eigenvalue weighted by atomic mass is 35.5. The molecule has 0 N–H and O–H groups in total. The van der Waals surface area contributed by atoms with E-state index < -0.39 is 5.92 Å². The van der Waals surface area contributed by atoms with Crippen molar-refractivity contribution in [2.24, 2.45) is 10.8 Å². The number of nitrogens with zero attached hydrogens (tertiary/aromatic N) is 1. The molecule has 0 amide bonds. The zero-order valence-corrected chi connectivity index (χ0v) is 20.2. The van der Waals surface area contributed by atoms with Gasteiger partial charge in [0.25, 0.3) is 0 Å². The molecule has 0 spiro atoms. The standard InChI is InChI=1S/C27H30ClNO3/c1-7-10-32-22-9-8-16(11-17(22)28)23-24-18(12-26(2,3)14-20(24)30)29(6)19-13-27(4,5)15-21(31)25(19)23/h1,8-9,11,23H,10,12-15H2,2-6H3. The summed E-state index contributed by atoms with van der Waals surface area (Å²) in [7, 11) is 2.01. The molecular weight excluding hydrogens is 422 g/mol. The van der Waals surface area contributed by atoms with Gasteiger partial charge in [0.05, 0.1) is 5.02 Å². The third kappa shape index (κ3) is 3.88. The van der Waals surface area contributed by atoms with Crippen LogP contribution in [0.2, 0.25) is 5.02 Å². The third-order valence-electron chi connectivity index (χ3n) is 6.78. The van der Waals surface area contributed by atoms with Gasteiger partial charge >= 0.3 is 0 Å². The van der Waals surface area contributed by atoms with Crippen LogP contribution in [0.3, 0.4) is 0 Å². The van der Waals surface area contributed by atoms with E-state index in [0.29, 0.717) is 23.6 Å². The first-order valence-corrected chi connectivity index (χ1v) is 11.4. The van der Waals surface area contributed by atoms with Gasteiger partial charge in [-0.3, -0.25) is 9.59 Å². The summed E-state index contributed by atoms with van der Waals surface area (Å²) in [6, 6.07) is 5.50. The molecule has 0 bridgehead atoms. The number of benzene rings is 1. The second-order valence-electron chi connectivity index (χ2n) is 10.8. The van der Waals surface area contributed by atoms with Crippen LogP contribution in [0.1, 0.15) is 64.9 Å². The number of allylic oxidation sites excluding steroid dienone is 4. The van der Waals surface area contributed by atoms with Crippen molar-refractivity contribution >= 4 is 23.2 Å². The highest BCUT2D eigenvalue weighted by molar-refractivity contribution is 6.32. The summed E-state index contributed by atoms with van der Waals surface area (Å²) in [5.41, 5.74) is 4.15. The van der Waals surface area contributed by atoms with Crippen LogP contribution in [0.4, 0.5) is 0 Å². The van der Waals surface area contributed by atoms with Crippen LogP contribution in [0.5, 0.6) is 5.75 Å². The van der Waals surface area contributed by atoms with E-state index in [1.54, 1.807) is 6.07 Å². The Morgan fingerprint density at radius 2 is 1.56 bits per heavy atom. The number of halogens is 1. The topological polar surface area (TPSA) is 46.6 Å². The fraction of sp³-hybridized carbons (Fsp3) is 0.481. The Morgan fingerprint density at radius 1 is 1.03 bits per heavy atom. The molecular formula is C27H30ClNO3. The van der Waals surface area contributed by atoms with E-state index in [1.807, 2.05) is 19.2 Å². The van der Waals surface area contributed by atoms with Crippen molar-refractivity contribution in [1.29, 1.82) is 0 Å². The second kappa shape index (κ2) is 7.81. The average molecular weight is 452 g/mol. The summed E-state index contributed by atoms with van der Waals surface area (Å²) < 4.78 is 5.52. The lowest BCUT2D eigenvalue weighted by molar-refractivity contribution is -0.119. The molecule has 1 aromatic rings. The highest BCUT2D eigenvalue weighted by Crippen LogP contribution is 2.54. The summed E-state index contributed by atoms with van der Waals surface area (Å²) in [5.74, 6) is 2.76. The molecule has 3 aliphatic rings. The lowest BCUT2D eigenvalue weighted by Crippen LogP contribution is -2.43. The predicted molar refractivity (Wildman–Crippen MR) is 126 cm³/mol. The van der Waals surface area contributed by atoms with E-state index in [-0.39, 0.29) is 29.0 Å². The normalized spacial score (nSPS) is 22.5. The molecule has 0 atom stereocenters. The van der Waals surface area contributed by atoms with Crippen LogP contribution in [0.15, 0.2) is 40.7 Å². The lowest BCUT2D eigenvalue weighted by atomic mass is 9.64. The lowest BCUT2D eigenvalue weighted by Gasteiger charge is -2.47. The van der Waals surface area contributed by atoms with Crippen molar-refractivity contribution < 1.29 is 14.3 Å². The molecule has 0 unspecified atom stereocenters.